The van der Waals surface area contributed by atoms with Crippen molar-refractivity contribution in [1.82, 2.24) is 20.4 Å². The van der Waals surface area contributed by atoms with E-state index in [2.05, 4.69) is 15.7 Å². The summed E-state index contributed by atoms with van der Waals surface area (Å²) in [5.74, 6) is -0.0905. The number of rotatable bonds is 5. The molecule has 2 heterocycles. The minimum atomic E-state index is -0.127. The van der Waals surface area contributed by atoms with Crippen LogP contribution in [-0.2, 0) is 11.8 Å². The summed E-state index contributed by atoms with van der Waals surface area (Å²) in [5.41, 5.74) is 1.30. The lowest BCUT2D eigenvalue weighted by atomic mass is 9.98. The zero-order valence-electron chi connectivity index (χ0n) is 12.2. The lowest BCUT2D eigenvalue weighted by Gasteiger charge is -2.28. The topological polar surface area (TPSA) is 68.2 Å². The second kappa shape index (κ2) is 7.06. The van der Waals surface area contributed by atoms with Crippen molar-refractivity contribution in [2.45, 2.75) is 25.3 Å². The second-order valence-corrected chi connectivity index (χ2v) is 5.22. The number of nitrogens with zero attached hydrogens (tertiary/aromatic N) is 2. The molecule has 1 amide bonds. The third-order valence-corrected chi connectivity index (χ3v) is 3.57. The highest BCUT2D eigenvalue weighted by atomic mass is 35.5. The number of carbonyl (C=O) groups is 1. The van der Waals surface area contributed by atoms with Crippen molar-refractivity contribution < 1.29 is 9.53 Å². The summed E-state index contributed by atoms with van der Waals surface area (Å²) in [5, 5.41) is 10.6. The Labute approximate surface area is 125 Å². The van der Waals surface area contributed by atoms with E-state index in [4.69, 9.17) is 4.74 Å². The molecule has 20 heavy (non-hydrogen) atoms. The van der Waals surface area contributed by atoms with Crippen LogP contribution in [0.3, 0.4) is 0 Å². The van der Waals surface area contributed by atoms with Gasteiger partial charge in [-0.3, -0.25) is 9.48 Å². The van der Waals surface area contributed by atoms with E-state index in [1.165, 1.54) is 0 Å². The summed E-state index contributed by atoms with van der Waals surface area (Å²) in [6.07, 6.45) is 2.13. The fourth-order valence-corrected chi connectivity index (χ4v) is 2.63. The van der Waals surface area contributed by atoms with Gasteiger partial charge in [0.25, 0.3) is 5.91 Å². The van der Waals surface area contributed by atoms with E-state index in [9.17, 15) is 4.79 Å². The van der Waals surface area contributed by atoms with Gasteiger partial charge < -0.3 is 15.4 Å². The highest BCUT2D eigenvalue weighted by Crippen LogP contribution is 2.19. The van der Waals surface area contributed by atoms with E-state index >= 15 is 0 Å². The molecule has 0 aromatic carbocycles. The second-order valence-electron chi connectivity index (χ2n) is 5.22. The van der Waals surface area contributed by atoms with Crippen LogP contribution in [0.1, 0.15) is 29.0 Å². The number of carbonyl (C=O) groups excluding carboxylic acids is 1. The summed E-state index contributed by atoms with van der Waals surface area (Å²) >= 11 is 0. The molecule has 1 atom stereocenters. The zero-order chi connectivity index (χ0) is 13.9. The Hall–Kier alpha value is -1.11. The lowest BCUT2D eigenvalue weighted by molar-refractivity contribution is 0.0883. The maximum absolute atomic E-state index is 12.1. The Morgan fingerprint density at radius 3 is 2.90 bits per heavy atom. The van der Waals surface area contributed by atoms with Crippen LogP contribution >= 0.6 is 12.4 Å². The van der Waals surface area contributed by atoms with E-state index in [-0.39, 0.29) is 23.9 Å². The van der Waals surface area contributed by atoms with Gasteiger partial charge in [0.15, 0.2) is 0 Å². The summed E-state index contributed by atoms with van der Waals surface area (Å²) in [6.45, 7) is 4.04. The van der Waals surface area contributed by atoms with Gasteiger partial charge in [0.2, 0.25) is 0 Å². The third kappa shape index (κ3) is 3.71. The molecule has 114 valence electrons. The first-order valence-electron chi connectivity index (χ1n) is 6.59. The normalized spacial score (nSPS) is 21.6. The quantitative estimate of drug-likeness (QED) is 0.838. The molecule has 6 nitrogen and oxygen atoms in total. The summed E-state index contributed by atoms with van der Waals surface area (Å²) < 4.78 is 6.87. The number of hydrogen-bond donors (Lipinski definition) is 2. The molecular formula is C13H23ClN4O2. The molecule has 1 aliphatic rings. The van der Waals surface area contributed by atoms with E-state index in [1.807, 2.05) is 6.92 Å². The Kier molecular flexibility index (Phi) is 5.98. The standard InChI is InChI=1S/C13H22N4O2.ClH/c1-10-7-11(17(2)16-10)12(18)14-8-13(9-19-3)5-4-6-15-13;/h7,15H,4-6,8-9H2,1-3H3,(H,14,18);1H. The van der Waals surface area contributed by atoms with Gasteiger partial charge >= 0.3 is 0 Å². The van der Waals surface area contributed by atoms with E-state index in [1.54, 1.807) is 24.9 Å². The zero-order valence-corrected chi connectivity index (χ0v) is 13.0. The van der Waals surface area contributed by atoms with Gasteiger partial charge in [0.1, 0.15) is 5.69 Å². The largest absolute Gasteiger partial charge is 0.383 e. The highest BCUT2D eigenvalue weighted by molar-refractivity contribution is 5.92. The number of hydrogen-bond acceptors (Lipinski definition) is 4. The minimum absolute atomic E-state index is 0. The minimum Gasteiger partial charge on any atom is -0.383 e. The van der Waals surface area contributed by atoms with Gasteiger partial charge in [-0.2, -0.15) is 5.10 Å². The number of nitrogens with one attached hydrogen (secondary N) is 2. The molecule has 0 radical (unpaired) electrons. The average Bonchev–Trinajstić information content (AvgIpc) is 2.94. The van der Waals surface area contributed by atoms with Crippen molar-refractivity contribution in [3.63, 3.8) is 0 Å². The van der Waals surface area contributed by atoms with Crippen LogP contribution in [0.5, 0.6) is 0 Å². The first kappa shape index (κ1) is 16.9. The number of halogens is 1. The summed E-state index contributed by atoms with van der Waals surface area (Å²) in [7, 11) is 3.47. The number of amides is 1. The Morgan fingerprint density at radius 2 is 2.40 bits per heavy atom. The molecule has 0 aliphatic carbocycles. The van der Waals surface area contributed by atoms with Gasteiger partial charge in [-0.05, 0) is 32.4 Å². The van der Waals surface area contributed by atoms with E-state index < -0.39 is 0 Å². The Morgan fingerprint density at radius 1 is 1.65 bits per heavy atom. The third-order valence-electron chi connectivity index (χ3n) is 3.57. The van der Waals surface area contributed by atoms with Crippen molar-refractivity contribution in [2.24, 2.45) is 7.05 Å². The SMILES string of the molecule is COCC1(CNC(=O)c2cc(C)nn2C)CCCN1.Cl. The van der Waals surface area contributed by atoms with Crippen LogP contribution in [0.4, 0.5) is 0 Å². The molecule has 1 fully saturated rings. The molecule has 1 aliphatic heterocycles. The fourth-order valence-electron chi connectivity index (χ4n) is 2.63. The summed E-state index contributed by atoms with van der Waals surface area (Å²) in [6, 6.07) is 1.79. The molecule has 0 saturated carbocycles. The first-order chi connectivity index (χ1) is 9.06. The number of aromatic nitrogens is 2. The van der Waals surface area contributed by atoms with Crippen molar-refractivity contribution in [1.29, 1.82) is 0 Å². The van der Waals surface area contributed by atoms with Crippen molar-refractivity contribution in [3.8, 4) is 0 Å². The lowest BCUT2D eigenvalue weighted by Crippen LogP contribution is -2.53. The maximum Gasteiger partial charge on any atom is 0.269 e. The molecule has 1 aromatic heterocycles. The summed E-state index contributed by atoms with van der Waals surface area (Å²) in [4.78, 5) is 12.1. The molecule has 1 unspecified atom stereocenters. The molecule has 2 rings (SSSR count). The molecule has 7 heteroatoms. The number of aryl methyl sites for hydroxylation is 2. The molecule has 0 spiro atoms. The van der Waals surface area contributed by atoms with Crippen LogP contribution in [-0.4, -0.2) is 48.0 Å². The smallest absolute Gasteiger partial charge is 0.269 e. The van der Waals surface area contributed by atoms with Crippen molar-refractivity contribution >= 4 is 18.3 Å². The molecule has 0 bridgehead atoms. The van der Waals surface area contributed by atoms with E-state index in [0.717, 1.165) is 25.1 Å². The maximum atomic E-state index is 12.1. The van der Waals surface area contributed by atoms with E-state index in [0.29, 0.717) is 18.8 Å². The van der Waals surface area contributed by atoms with Gasteiger partial charge in [0, 0.05) is 20.7 Å². The Balaban J connectivity index is 0.00000200. The van der Waals surface area contributed by atoms with Gasteiger partial charge in [0.05, 0.1) is 17.8 Å². The predicted molar refractivity (Wildman–Crippen MR) is 79.4 cm³/mol. The molecule has 1 saturated heterocycles. The van der Waals surface area contributed by atoms with Crippen LogP contribution < -0.4 is 10.6 Å². The first-order valence-corrected chi connectivity index (χ1v) is 6.59. The van der Waals surface area contributed by atoms with Crippen LogP contribution in [0, 0.1) is 6.92 Å². The average molecular weight is 303 g/mol. The Bertz CT molecular complexity index is 455. The number of ether oxygens (including phenoxy) is 1. The predicted octanol–water partition coefficient (Wildman–Crippen LogP) is 0.649. The van der Waals surface area contributed by atoms with Crippen molar-refractivity contribution in [3.05, 3.63) is 17.5 Å². The van der Waals surface area contributed by atoms with Crippen LogP contribution in [0.25, 0.3) is 0 Å². The van der Waals surface area contributed by atoms with Gasteiger partial charge in [-0.1, -0.05) is 0 Å². The fraction of sp³-hybridized carbons (Fsp3) is 0.692. The van der Waals surface area contributed by atoms with Gasteiger partial charge in [-0.25, -0.2) is 0 Å². The van der Waals surface area contributed by atoms with Crippen molar-refractivity contribution in [2.75, 3.05) is 26.8 Å². The molecule has 1 aromatic rings. The molecular weight excluding hydrogens is 280 g/mol. The molecule has 2 N–H and O–H groups in total. The highest BCUT2D eigenvalue weighted by Gasteiger charge is 2.34. The van der Waals surface area contributed by atoms with Crippen LogP contribution in [0.15, 0.2) is 6.07 Å². The van der Waals surface area contributed by atoms with Gasteiger partial charge in [-0.15, -0.1) is 12.4 Å². The van der Waals surface area contributed by atoms with Crippen LogP contribution in [0.2, 0.25) is 0 Å². The number of methoxy groups -OCH3 is 1. The monoisotopic (exact) mass is 302 g/mol.